The van der Waals surface area contributed by atoms with Crippen molar-refractivity contribution in [3.8, 4) is 0 Å². The summed E-state index contributed by atoms with van der Waals surface area (Å²) < 4.78 is 0. The maximum atomic E-state index is 4.91. The Labute approximate surface area is 99.4 Å². The van der Waals surface area contributed by atoms with Crippen LogP contribution in [0, 0.1) is 23.7 Å². The first-order valence-electron chi connectivity index (χ1n) is 6.79. The Hall–Kier alpha value is -0.530. The van der Waals surface area contributed by atoms with Crippen molar-refractivity contribution in [3.63, 3.8) is 0 Å². The largest absolute Gasteiger partial charge is 0.399 e. The van der Waals surface area contributed by atoms with E-state index >= 15 is 0 Å². The van der Waals surface area contributed by atoms with Gasteiger partial charge < -0.3 is 4.84 Å². The van der Waals surface area contributed by atoms with Crippen molar-refractivity contribution in [3.05, 3.63) is 0 Å². The number of hydrogen-bond acceptors (Lipinski definition) is 2. The lowest BCUT2D eigenvalue weighted by molar-refractivity contribution is 0.132. The van der Waals surface area contributed by atoms with E-state index in [0.29, 0.717) is 0 Å². The van der Waals surface area contributed by atoms with Crippen LogP contribution < -0.4 is 0 Å². The third-order valence-electron chi connectivity index (χ3n) is 4.65. The molecule has 2 aliphatic rings. The highest BCUT2D eigenvalue weighted by atomic mass is 16.6. The minimum Gasteiger partial charge on any atom is -0.399 e. The molecule has 2 aliphatic carbocycles. The Morgan fingerprint density at radius 3 is 2.69 bits per heavy atom. The van der Waals surface area contributed by atoms with Gasteiger partial charge in [0.15, 0.2) is 0 Å². The molecule has 0 aliphatic heterocycles. The average molecular weight is 223 g/mol. The summed E-state index contributed by atoms with van der Waals surface area (Å²) in [4.78, 5) is 4.91. The summed E-state index contributed by atoms with van der Waals surface area (Å²) in [5, 5.41) is 4.15. The van der Waals surface area contributed by atoms with Crippen molar-refractivity contribution < 1.29 is 4.84 Å². The molecule has 2 fully saturated rings. The van der Waals surface area contributed by atoms with Crippen LogP contribution in [-0.4, -0.2) is 12.8 Å². The van der Waals surface area contributed by atoms with Crippen LogP contribution in [0.5, 0.6) is 0 Å². The van der Waals surface area contributed by atoms with Crippen LogP contribution in [0.1, 0.15) is 52.4 Å². The zero-order valence-corrected chi connectivity index (χ0v) is 10.9. The van der Waals surface area contributed by atoms with E-state index in [1.165, 1.54) is 44.2 Å². The highest BCUT2D eigenvalue weighted by molar-refractivity contribution is 5.84. The molecule has 3 atom stereocenters. The Balaban J connectivity index is 1.92. The van der Waals surface area contributed by atoms with Crippen LogP contribution in [-0.2, 0) is 4.84 Å². The van der Waals surface area contributed by atoms with Gasteiger partial charge in [0.1, 0.15) is 7.11 Å². The highest BCUT2D eigenvalue weighted by Crippen LogP contribution is 2.43. The third kappa shape index (κ3) is 2.58. The van der Waals surface area contributed by atoms with E-state index in [0.717, 1.165) is 23.7 Å². The second-order valence-corrected chi connectivity index (χ2v) is 5.92. The molecule has 0 amide bonds. The molecule has 0 N–H and O–H groups in total. The van der Waals surface area contributed by atoms with Gasteiger partial charge in [-0.05, 0) is 62.2 Å². The molecule has 2 nitrogen and oxygen atoms in total. The fourth-order valence-electron chi connectivity index (χ4n) is 3.56. The van der Waals surface area contributed by atoms with Gasteiger partial charge in [0, 0.05) is 0 Å². The van der Waals surface area contributed by atoms with Gasteiger partial charge in [-0.1, -0.05) is 19.0 Å². The summed E-state index contributed by atoms with van der Waals surface area (Å²) in [6.45, 7) is 4.76. The molecule has 2 rings (SSSR count). The molecule has 0 radical (unpaired) electrons. The smallest absolute Gasteiger partial charge is 0.106 e. The monoisotopic (exact) mass is 223 g/mol. The minimum absolute atomic E-state index is 0.870. The van der Waals surface area contributed by atoms with E-state index in [1.807, 2.05) is 0 Å². The lowest BCUT2D eigenvalue weighted by Gasteiger charge is -2.40. The molecule has 0 aromatic heterocycles. The first-order chi connectivity index (χ1) is 7.70. The molecule has 2 heteroatoms. The van der Waals surface area contributed by atoms with Crippen molar-refractivity contribution >= 4 is 5.71 Å². The maximum absolute atomic E-state index is 4.91. The Morgan fingerprint density at radius 1 is 1.19 bits per heavy atom. The van der Waals surface area contributed by atoms with Gasteiger partial charge in [-0.15, -0.1) is 0 Å². The average Bonchev–Trinajstić information content (AvgIpc) is 2.28. The fourth-order valence-corrected chi connectivity index (χ4v) is 3.56. The van der Waals surface area contributed by atoms with Crippen molar-refractivity contribution in [2.24, 2.45) is 28.8 Å². The minimum atomic E-state index is 0.870. The van der Waals surface area contributed by atoms with Crippen molar-refractivity contribution in [2.75, 3.05) is 7.11 Å². The number of nitrogens with zero attached hydrogens (tertiary/aromatic N) is 1. The van der Waals surface area contributed by atoms with E-state index in [9.17, 15) is 0 Å². The molecule has 92 valence electrons. The molecule has 0 aromatic rings. The van der Waals surface area contributed by atoms with E-state index in [1.54, 1.807) is 7.11 Å². The molecular weight excluding hydrogens is 198 g/mol. The summed E-state index contributed by atoms with van der Waals surface area (Å²) in [5.74, 6) is 3.71. The van der Waals surface area contributed by atoms with Crippen molar-refractivity contribution in [1.29, 1.82) is 0 Å². The molecule has 0 aromatic carbocycles. The molecule has 3 unspecified atom stereocenters. The molecular formula is C14H25NO. The first kappa shape index (κ1) is 11.9. The second-order valence-electron chi connectivity index (χ2n) is 5.92. The van der Waals surface area contributed by atoms with Gasteiger partial charge >= 0.3 is 0 Å². The van der Waals surface area contributed by atoms with Crippen LogP contribution in [0.3, 0.4) is 0 Å². The molecule has 0 bridgehead atoms. The lowest BCUT2D eigenvalue weighted by Crippen LogP contribution is -2.32. The van der Waals surface area contributed by atoms with E-state index < -0.39 is 0 Å². The van der Waals surface area contributed by atoms with E-state index in [2.05, 4.69) is 19.0 Å². The Morgan fingerprint density at radius 2 is 2.00 bits per heavy atom. The predicted octanol–water partition coefficient (Wildman–Crippen LogP) is 3.86. The summed E-state index contributed by atoms with van der Waals surface area (Å²) in [5.41, 5.74) is 1.30. The second kappa shape index (κ2) is 5.20. The lowest BCUT2D eigenvalue weighted by atomic mass is 9.65. The van der Waals surface area contributed by atoms with Crippen LogP contribution >= 0.6 is 0 Å². The van der Waals surface area contributed by atoms with Crippen LogP contribution in [0.25, 0.3) is 0 Å². The summed E-state index contributed by atoms with van der Waals surface area (Å²) in [6.07, 6.45) is 8.01. The topological polar surface area (TPSA) is 21.6 Å². The predicted molar refractivity (Wildman–Crippen MR) is 67.5 cm³/mol. The molecule has 0 saturated heterocycles. The standard InChI is InChI=1S/C14H25NO/c1-10(2)11-4-5-13-9-14(15-16-3)7-6-12(13)8-11/h10-13H,4-9H2,1-3H3. The van der Waals surface area contributed by atoms with E-state index in [-0.39, 0.29) is 0 Å². The highest BCUT2D eigenvalue weighted by Gasteiger charge is 2.35. The summed E-state index contributed by atoms with van der Waals surface area (Å²) >= 11 is 0. The zero-order chi connectivity index (χ0) is 11.5. The van der Waals surface area contributed by atoms with E-state index in [4.69, 9.17) is 4.84 Å². The normalized spacial score (nSPS) is 37.5. The van der Waals surface area contributed by atoms with Gasteiger partial charge in [0.25, 0.3) is 0 Å². The van der Waals surface area contributed by atoms with Crippen LogP contribution in [0.2, 0.25) is 0 Å². The van der Waals surface area contributed by atoms with Crippen LogP contribution in [0.4, 0.5) is 0 Å². The maximum Gasteiger partial charge on any atom is 0.106 e. The van der Waals surface area contributed by atoms with Gasteiger partial charge in [0.2, 0.25) is 0 Å². The summed E-state index contributed by atoms with van der Waals surface area (Å²) in [7, 11) is 1.66. The number of hydrogen-bond donors (Lipinski definition) is 0. The van der Waals surface area contributed by atoms with Crippen molar-refractivity contribution in [2.45, 2.75) is 52.4 Å². The third-order valence-corrected chi connectivity index (χ3v) is 4.65. The van der Waals surface area contributed by atoms with Gasteiger partial charge in [-0.25, -0.2) is 0 Å². The number of oxime groups is 1. The Bertz CT molecular complexity index is 259. The molecule has 2 saturated carbocycles. The summed E-state index contributed by atoms with van der Waals surface area (Å²) in [6, 6.07) is 0. The fraction of sp³-hybridized carbons (Fsp3) is 0.929. The number of fused-ring (bicyclic) bond motifs is 1. The van der Waals surface area contributed by atoms with Gasteiger partial charge in [-0.3, -0.25) is 0 Å². The molecule has 0 heterocycles. The van der Waals surface area contributed by atoms with Crippen LogP contribution in [0.15, 0.2) is 5.16 Å². The molecule has 16 heavy (non-hydrogen) atoms. The Kier molecular flexibility index (Phi) is 3.88. The first-order valence-corrected chi connectivity index (χ1v) is 6.79. The number of rotatable bonds is 2. The quantitative estimate of drug-likeness (QED) is 0.651. The molecule has 0 spiro atoms. The van der Waals surface area contributed by atoms with Gasteiger partial charge in [0.05, 0.1) is 5.71 Å². The van der Waals surface area contributed by atoms with Gasteiger partial charge in [-0.2, -0.15) is 0 Å². The van der Waals surface area contributed by atoms with Crippen molar-refractivity contribution in [1.82, 2.24) is 0 Å². The zero-order valence-electron chi connectivity index (χ0n) is 10.9. The SMILES string of the molecule is CON=C1CCC2CC(C(C)C)CCC2C1.